The maximum Gasteiger partial charge on any atom is 0.321 e. The van der Waals surface area contributed by atoms with Crippen LogP contribution in [0.5, 0.6) is 0 Å². The highest BCUT2D eigenvalue weighted by molar-refractivity contribution is 6.02. The number of rotatable bonds is 1. The molecule has 0 spiro atoms. The zero-order chi connectivity index (χ0) is 10.8. The third-order valence-corrected chi connectivity index (χ3v) is 2.45. The summed E-state index contributed by atoms with van der Waals surface area (Å²) < 4.78 is 0. The van der Waals surface area contributed by atoms with Crippen molar-refractivity contribution in [2.75, 3.05) is 19.0 Å². The van der Waals surface area contributed by atoms with Crippen LogP contribution in [0.2, 0.25) is 0 Å². The molecule has 0 saturated carbocycles. The van der Waals surface area contributed by atoms with E-state index < -0.39 is 0 Å². The third-order valence-electron chi connectivity index (χ3n) is 2.45. The van der Waals surface area contributed by atoms with Crippen LogP contribution in [-0.4, -0.2) is 25.1 Å². The molecule has 2 amide bonds. The molecule has 0 bridgehead atoms. The van der Waals surface area contributed by atoms with Gasteiger partial charge in [-0.1, -0.05) is 18.2 Å². The van der Waals surface area contributed by atoms with Gasteiger partial charge in [0, 0.05) is 31.2 Å². The number of carbonyl (C=O) groups is 1. The number of hydrogen-bond donors (Lipinski definition) is 2. The molecule has 4 heteroatoms. The molecule has 1 aromatic carbocycles. The van der Waals surface area contributed by atoms with Crippen molar-refractivity contribution in [3.05, 3.63) is 30.5 Å². The summed E-state index contributed by atoms with van der Waals surface area (Å²) in [5.41, 5.74) is 1.91. The molecule has 15 heavy (non-hydrogen) atoms. The Labute approximate surface area is 87.9 Å². The predicted octanol–water partition coefficient (Wildman–Crippen LogP) is 1.94. The molecule has 1 heterocycles. The molecule has 78 valence electrons. The number of nitrogens with one attached hydrogen (secondary N) is 2. The Bertz CT molecular complexity index is 489. The number of H-pyrrole nitrogens is 1. The number of aromatic nitrogens is 1. The van der Waals surface area contributed by atoms with Gasteiger partial charge in [0.05, 0.1) is 5.69 Å². The van der Waals surface area contributed by atoms with Gasteiger partial charge in [-0.3, -0.25) is 4.90 Å². The number of anilines is 1. The lowest BCUT2D eigenvalue weighted by molar-refractivity contribution is 0.249. The monoisotopic (exact) mass is 203 g/mol. The van der Waals surface area contributed by atoms with Crippen LogP contribution in [0.4, 0.5) is 10.5 Å². The van der Waals surface area contributed by atoms with Crippen LogP contribution in [0.1, 0.15) is 0 Å². The second-order valence-corrected chi connectivity index (χ2v) is 3.33. The largest absolute Gasteiger partial charge is 0.359 e. The maximum absolute atomic E-state index is 11.5. The van der Waals surface area contributed by atoms with Crippen LogP contribution in [0.25, 0.3) is 10.9 Å². The van der Waals surface area contributed by atoms with Gasteiger partial charge in [-0.2, -0.15) is 0 Å². The van der Waals surface area contributed by atoms with Crippen molar-refractivity contribution in [1.82, 2.24) is 10.3 Å². The summed E-state index contributed by atoms with van der Waals surface area (Å²) in [5.74, 6) is 0. The minimum absolute atomic E-state index is 0.125. The fourth-order valence-electron chi connectivity index (χ4n) is 1.61. The zero-order valence-corrected chi connectivity index (χ0v) is 8.74. The van der Waals surface area contributed by atoms with E-state index >= 15 is 0 Å². The molecule has 0 aliphatic rings. The number of carbonyl (C=O) groups excluding carboxylic acids is 1. The lowest BCUT2D eigenvalue weighted by Gasteiger charge is -2.15. The van der Waals surface area contributed by atoms with E-state index in [1.54, 1.807) is 19.0 Å². The summed E-state index contributed by atoms with van der Waals surface area (Å²) >= 11 is 0. The van der Waals surface area contributed by atoms with Gasteiger partial charge >= 0.3 is 6.03 Å². The highest BCUT2D eigenvalue weighted by Crippen LogP contribution is 2.25. The molecule has 2 rings (SSSR count). The number of benzene rings is 1. The van der Waals surface area contributed by atoms with E-state index in [4.69, 9.17) is 0 Å². The van der Waals surface area contributed by atoms with Gasteiger partial charge in [-0.15, -0.1) is 0 Å². The topological polar surface area (TPSA) is 48.1 Å². The SMILES string of the molecule is CNC(=O)N(C)c1c[nH]c2ccccc12. The van der Waals surface area contributed by atoms with Crippen LogP contribution in [0, 0.1) is 0 Å². The van der Waals surface area contributed by atoms with Gasteiger partial charge in [0.25, 0.3) is 0 Å². The van der Waals surface area contributed by atoms with Gasteiger partial charge in [-0.25, -0.2) is 4.79 Å². The second kappa shape index (κ2) is 3.65. The lowest BCUT2D eigenvalue weighted by atomic mass is 10.2. The first kappa shape index (κ1) is 9.58. The van der Waals surface area contributed by atoms with E-state index in [2.05, 4.69) is 10.3 Å². The van der Waals surface area contributed by atoms with Crippen molar-refractivity contribution in [1.29, 1.82) is 0 Å². The number of fused-ring (bicyclic) bond motifs is 1. The molecule has 0 unspecified atom stereocenters. The van der Waals surface area contributed by atoms with Gasteiger partial charge in [0.15, 0.2) is 0 Å². The average Bonchev–Trinajstić information content (AvgIpc) is 2.70. The summed E-state index contributed by atoms with van der Waals surface area (Å²) in [6.45, 7) is 0. The lowest BCUT2D eigenvalue weighted by Crippen LogP contribution is -2.34. The van der Waals surface area contributed by atoms with Gasteiger partial charge in [0.1, 0.15) is 0 Å². The Balaban J connectivity index is 2.48. The number of hydrogen-bond acceptors (Lipinski definition) is 1. The smallest absolute Gasteiger partial charge is 0.321 e. The Morgan fingerprint density at radius 3 is 2.87 bits per heavy atom. The van der Waals surface area contributed by atoms with Crippen LogP contribution >= 0.6 is 0 Å². The Morgan fingerprint density at radius 2 is 2.13 bits per heavy atom. The minimum Gasteiger partial charge on any atom is -0.359 e. The van der Waals surface area contributed by atoms with Crippen molar-refractivity contribution in [2.45, 2.75) is 0 Å². The number of urea groups is 1. The van der Waals surface area contributed by atoms with E-state index in [1.807, 2.05) is 30.5 Å². The van der Waals surface area contributed by atoms with Crippen molar-refractivity contribution in [2.24, 2.45) is 0 Å². The Morgan fingerprint density at radius 1 is 1.40 bits per heavy atom. The summed E-state index contributed by atoms with van der Waals surface area (Å²) in [5, 5.41) is 3.64. The molecule has 0 saturated heterocycles. The maximum atomic E-state index is 11.5. The molecule has 2 N–H and O–H groups in total. The Hall–Kier alpha value is -1.97. The van der Waals surface area contributed by atoms with Crippen molar-refractivity contribution in [3.8, 4) is 0 Å². The first-order valence-corrected chi connectivity index (χ1v) is 4.75. The molecular formula is C11H13N3O. The van der Waals surface area contributed by atoms with Crippen LogP contribution in [0.15, 0.2) is 30.5 Å². The second-order valence-electron chi connectivity index (χ2n) is 3.33. The Kier molecular flexibility index (Phi) is 2.33. The van der Waals surface area contributed by atoms with Gasteiger partial charge in [0.2, 0.25) is 0 Å². The summed E-state index contributed by atoms with van der Waals surface area (Å²) in [4.78, 5) is 16.2. The fourth-order valence-corrected chi connectivity index (χ4v) is 1.61. The summed E-state index contributed by atoms with van der Waals surface area (Å²) in [6.07, 6.45) is 1.83. The average molecular weight is 203 g/mol. The van der Waals surface area contributed by atoms with Gasteiger partial charge in [-0.05, 0) is 6.07 Å². The van der Waals surface area contributed by atoms with Crippen molar-refractivity contribution in [3.63, 3.8) is 0 Å². The molecule has 0 atom stereocenters. The molecule has 0 aliphatic carbocycles. The molecular weight excluding hydrogens is 190 g/mol. The highest BCUT2D eigenvalue weighted by Gasteiger charge is 2.12. The normalized spacial score (nSPS) is 10.3. The highest BCUT2D eigenvalue weighted by atomic mass is 16.2. The van der Waals surface area contributed by atoms with Crippen LogP contribution in [-0.2, 0) is 0 Å². The van der Waals surface area contributed by atoms with Crippen LogP contribution < -0.4 is 10.2 Å². The standard InChI is InChI=1S/C11H13N3O/c1-12-11(15)14(2)10-7-13-9-6-4-3-5-8(9)10/h3-7,13H,1-2H3,(H,12,15). The van der Waals surface area contributed by atoms with Gasteiger partial charge < -0.3 is 10.3 Å². The quantitative estimate of drug-likeness (QED) is 0.731. The molecule has 1 aromatic heterocycles. The first-order chi connectivity index (χ1) is 7.24. The van der Waals surface area contributed by atoms with E-state index in [0.29, 0.717) is 0 Å². The molecule has 0 radical (unpaired) electrons. The van der Waals surface area contributed by atoms with E-state index in [9.17, 15) is 4.79 Å². The summed E-state index contributed by atoms with van der Waals surface area (Å²) in [6, 6.07) is 7.76. The van der Waals surface area contributed by atoms with E-state index in [0.717, 1.165) is 16.6 Å². The number of amides is 2. The number of nitrogens with zero attached hydrogens (tertiary/aromatic N) is 1. The first-order valence-electron chi connectivity index (χ1n) is 4.75. The molecule has 4 nitrogen and oxygen atoms in total. The van der Waals surface area contributed by atoms with E-state index in [1.165, 1.54) is 0 Å². The third kappa shape index (κ3) is 1.54. The minimum atomic E-state index is -0.125. The predicted molar refractivity (Wildman–Crippen MR) is 61.2 cm³/mol. The van der Waals surface area contributed by atoms with Crippen molar-refractivity contribution < 1.29 is 4.79 Å². The molecule has 2 aromatic rings. The van der Waals surface area contributed by atoms with E-state index in [-0.39, 0.29) is 6.03 Å². The van der Waals surface area contributed by atoms with Crippen LogP contribution in [0.3, 0.4) is 0 Å². The number of aromatic amines is 1. The molecule has 0 fully saturated rings. The number of para-hydroxylation sites is 1. The fraction of sp³-hybridized carbons (Fsp3) is 0.182. The summed E-state index contributed by atoms with van der Waals surface area (Å²) in [7, 11) is 3.36. The van der Waals surface area contributed by atoms with Crippen molar-refractivity contribution >= 4 is 22.6 Å². The molecule has 0 aliphatic heterocycles. The zero-order valence-electron chi connectivity index (χ0n) is 8.74.